The van der Waals surface area contributed by atoms with Crippen LogP contribution in [0.25, 0.3) is 0 Å². The Balaban J connectivity index is 1.78. The lowest BCUT2D eigenvalue weighted by molar-refractivity contribution is -0.174. The van der Waals surface area contributed by atoms with Crippen molar-refractivity contribution in [1.82, 2.24) is 4.90 Å². The van der Waals surface area contributed by atoms with Gasteiger partial charge in [-0.15, -0.1) is 0 Å². The van der Waals surface area contributed by atoms with Gasteiger partial charge in [-0.2, -0.15) is 0 Å². The number of aliphatic hydroxyl groups excluding tert-OH is 1. The Bertz CT molecular complexity index is 846. The van der Waals surface area contributed by atoms with Crippen molar-refractivity contribution in [2.75, 3.05) is 14.2 Å². The van der Waals surface area contributed by atoms with E-state index in [1.807, 2.05) is 60.7 Å². The quantitative estimate of drug-likeness (QED) is 0.644. The maximum absolute atomic E-state index is 13.1. The van der Waals surface area contributed by atoms with Crippen molar-refractivity contribution in [2.45, 2.75) is 44.1 Å². The van der Waals surface area contributed by atoms with Crippen LogP contribution in [0.15, 0.2) is 60.7 Å². The molecule has 1 fully saturated rings. The molecule has 31 heavy (non-hydrogen) atoms. The van der Waals surface area contributed by atoms with Crippen LogP contribution in [-0.4, -0.2) is 60.8 Å². The second-order valence-corrected chi connectivity index (χ2v) is 7.20. The predicted octanol–water partition coefficient (Wildman–Crippen LogP) is 2.49. The Hall–Kier alpha value is -2.94. The first-order chi connectivity index (χ1) is 15.0. The van der Waals surface area contributed by atoms with Gasteiger partial charge >= 0.3 is 12.1 Å². The van der Waals surface area contributed by atoms with E-state index < -0.39 is 36.6 Å². The number of carbonyl (C=O) groups is 2. The van der Waals surface area contributed by atoms with E-state index in [0.29, 0.717) is 0 Å². The van der Waals surface area contributed by atoms with Crippen LogP contribution in [0.3, 0.4) is 0 Å². The van der Waals surface area contributed by atoms with Crippen LogP contribution in [0.2, 0.25) is 0 Å². The summed E-state index contributed by atoms with van der Waals surface area (Å²) in [6.07, 6.45) is -3.55. The molecule has 0 unspecified atom stereocenters. The van der Waals surface area contributed by atoms with Gasteiger partial charge in [0.05, 0.1) is 19.3 Å². The molecule has 8 heteroatoms. The Kier molecular flexibility index (Phi) is 8.00. The molecular weight excluding hydrogens is 402 g/mol. The third kappa shape index (κ3) is 5.81. The summed E-state index contributed by atoms with van der Waals surface area (Å²) in [6, 6.07) is 18.2. The summed E-state index contributed by atoms with van der Waals surface area (Å²) >= 11 is 0. The maximum Gasteiger partial charge on any atom is 0.410 e. The number of esters is 1. The van der Waals surface area contributed by atoms with E-state index in [1.165, 1.54) is 19.1 Å². The van der Waals surface area contributed by atoms with Crippen LogP contribution in [0.1, 0.15) is 17.5 Å². The molecular formula is C23H27NO7. The van der Waals surface area contributed by atoms with Gasteiger partial charge in [0.25, 0.3) is 0 Å². The van der Waals surface area contributed by atoms with Crippen molar-refractivity contribution < 1.29 is 33.6 Å². The fourth-order valence-electron chi connectivity index (χ4n) is 3.53. The number of nitrogens with zero attached hydrogens (tertiary/aromatic N) is 1. The molecule has 2 aromatic carbocycles. The molecule has 0 bridgehead atoms. The third-order valence-electron chi connectivity index (χ3n) is 5.16. The van der Waals surface area contributed by atoms with Crippen LogP contribution in [0.4, 0.5) is 4.79 Å². The largest absolute Gasteiger partial charge is 0.467 e. The number of aliphatic hydroxyl groups is 1. The molecule has 1 aliphatic rings. The van der Waals surface area contributed by atoms with Gasteiger partial charge in [-0.25, -0.2) is 9.59 Å². The highest BCUT2D eigenvalue weighted by Crippen LogP contribution is 2.30. The summed E-state index contributed by atoms with van der Waals surface area (Å²) in [5.74, 6) is -0.804. The van der Waals surface area contributed by atoms with E-state index in [4.69, 9.17) is 14.2 Å². The molecule has 0 saturated carbocycles. The third-order valence-corrected chi connectivity index (χ3v) is 5.16. The highest BCUT2D eigenvalue weighted by Gasteiger charge is 2.46. The Morgan fingerprint density at radius 3 is 2.26 bits per heavy atom. The molecule has 0 radical (unpaired) electrons. The monoisotopic (exact) mass is 429 g/mol. The van der Waals surface area contributed by atoms with E-state index in [2.05, 4.69) is 4.74 Å². The molecule has 1 N–H and O–H groups in total. The fourth-order valence-corrected chi connectivity index (χ4v) is 3.53. The van der Waals surface area contributed by atoms with E-state index in [-0.39, 0.29) is 19.6 Å². The predicted molar refractivity (Wildman–Crippen MR) is 111 cm³/mol. The van der Waals surface area contributed by atoms with E-state index in [9.17, 15) is 14.7 Å². The summed E-state index contributed by atoms with van der Waals surface area (Å²) < 4.78 is 21.3. The minimum atomic E-state index is -1.48. The zero-order valence-electron chi connectivity index (χ0n) is 17.5. The van der Waals surface area contributed by atoms with Crippen LogP contribution in [-0.2, 0) is 36.9 Å². The molecule has 0 spiro atoms. The van der Waals surface area contributed by atoms with Crippen LogP contribution in [0, 0.1) is 0 Å². The lowest BCUT2D eigenvalue weighted by Gasteiger charge is -2.30. The summed E-state index contributed by atoms with van der Waals surface area (Å²) in [5.41, 5.74) is 1.76. The first-order valence-electron chi connectivity index (χ1n) is 9.99. The number of rotatable bonds is 8. The average molecular weight is 429 g/mol. The normalized spacial score (nSPS) is 21.3. The zero-order valence-corrected chi connectivity index (χ0v) is 17.5. The Morgan fingerprint density at radius 1 is 1.06 bits per heavy atom. The van der Waals surface area contributed by atoms with Crippen molar-refractivity contribution in [2.24, 2.45) is 0 Å². The van der Waals surface area contributed by atoms with E-state index >= 15 is 0 Å². The second-order valence-electron chi connectivity index (χ2n) is 7.20. The molecule has 1 saturated heterocycles. The van der Waals surface area contributed by atoms with Gasteiger partial charge in [-0.05, 0) is 11.1 Å². The van der Waals surface area contributed by atoms with Gasteiger partial charge in [0.2, 0.25) is 0 Å². The van der Waals surface area contributed by atoms with Crippen LogP contribution < -0.4 is 0 Å². The van der Waals surface area contributed by atoms with Crippen molar-refractivity contribution in [1.29, 1.82) is 0 Å². The maximum atomic E-state index is 13.1. The SMILES string of the molecule is COC(=O)[C@@H](O)[C@@H]1C[C@H](N(Cc2ccccc2)C(=O)OCc2ccccc2)[C@@H](OC)O1. The Morgan fingerprint density at radius 2 is 1.68 bits per heavy atom. The highest BCUT2D eigenvalue weighted by molar-refractivity contribution is 5.75. The number of hydrogen-bond acceptors (Lipinski definition) is 7. The molecule has 0 aliphatic carbocycles. The summed E-state index contributed by atoms with van der Waals surface area (Å²) in [7, 11) is 2.63. The standard InChI is InChI=1S/C23H27NO7/c1-28-21(26)20(25)19-13-18(22(29-2)31-19)24(14-16-9-5-3-6-10-16)23(27)30-15-17-11-7-4-8-12-17/h3-12,18-20,22,25H,13-15H2,1-2H3/t18-,19-,20-,22-/m0/s1. The summed E-state index contributed by atoms with van der Waals surface area (Å²) in [4.78, 5) is 26.3. The van der Waals surface area contributed by atoms with E-state index in [0.717, 1.165) is 11.1 Å². The molecule has 0 aromatic heterocycles. The summed E-state index contributed by atoms with van der Waals surface area (Å²) in [5, 5.41) is 10.2. The summed E-state index contributed by atoms with van der Waals surface area (Å²) in [6.45, 7) is 0.369. The van der Waals surface area contributed by atoms with Gasteiger partial charge in [0.15, 0.2) is 12.4 Å². The smallest absolute Gasteiger partial charge is 0.410 e. The van der Waals surface area contributed by atoms with Crippen LogP contribution >= 0.6 is 0 Å². The van der Waals surface area contributed by atoms with Gasteiger partial charge in [-0.3, -0.25) is 4.90 Å². The van der Waals surface area contributed by atoms with Crippen molar-refractivity contribution in [3.05, 3.63) is 71.8 Å². The molecule has 166 valence electrons. The van der Waals surface area contributed by atoms with Crippen molar-refractivity contribution >= 4 is 12.1 Å². The zero-order chi connectivity index (χ0) is 22.2. The first kappa shape index (κ1) is 22.7. The molecule has 8 nitrogen and oxygen atoms in total. The lowest BCUT2D eigenvalue weighted by atomic mass is 10.1. The van der Waals surface area contributed by atoms with Crippen LogP contribution in [0.5, 0.6) is 0 Å². The number of methoxy groups -OCH3 is 2. The minimum Gasteiger partial charge on any atom is -0.467 e. The molecule has 1 aliphatic heterocycles. The molecule has 1 amide bonds. The molecule has 3 rings (SSSR count). The molecule has 2 aromatic rings. The number of carbonyl (C=O) groups excluding carboxylic acids is 2. The topological polar surface area (TPSA) is 94.5 Å². The first-order valence-corrected chi connectivity index (χ1v) is 9.99. The minimum absolute atomic E-state index is 0.115. The number of hydrogen-bond donors (Lipinski definition) is 1. The van der Waals surface area contributed by atoms with E-state index in [1.54, 1.807) is 0 Å². The highest BCUT2D eigenvalue weighted by atomic mass is 16.7. The van der Waals surface area contributed by atoms with Gasteiger partial charge in [0, 0.05) is 20.1 Å². The number of ether oxygens (including phenoxy) is 4. The van der Waals surface area contributed by atoms with Gasteiger partial charge in [-0.1, -0.05) is 60.7 Å². The second kappa shape index (κ2) is 10.9. The molecule has 1 heterocycles. The van der Waals surface area contributed by atoms with Crippen molar-refractivity contribution in [3.8, 4) is 0 Å². The Labute approximate surface area is 181 Å². The molecule has 4 atom stereocenters. The fraction of sp³-hybridized carbons (Fsp3) is 0.391. The lowest BCUT2D eigenvalue weighted by Crippen LogP contribution is -2.45. The number of benzene rings is 2. The number of amides is 1. The van der Waals surface area contributed by atoms with Gasteiger partial charge < -0.3 is 24.1 Å². The van der Waals surface area contributed by atoms with Crippen molar-refractivity contribution in [3.63, 3.8) is 0 Å². The van der Waals surface area contributed by atoms with Gasteiger partial charge in [0.1, 0.15) is 6.61 Å². The average Bonchev–Trinajstić information content (AvgIpc) is 3.25.